The summed E-state index contributed by atoms with van der Waals surface area (Å²) >= 11 is 0. The van der Waals surface area contributed by atoms with Crippen LogP contribution in [0.25, 0.3) is 0 Å². The van der Waals surface area contributed by atoms with Gasteiger partial charge in [-0.3, -0.25) is 13.8 Å². The number of rotatable bonds is 37. The van der Waals surface area contributed by atoms with E-state index in [0.29, 0.717) is 12.8 Å². The van der Waals surface area contributed by atoms with Crippen molar-refractivity contribution in [2.75, 3.05) is 19.8 Å². The van der Waals surface area contributed by atoms with Crippen LogP contribution in [0.4, 0.5) is 0 Å². The Labute approximate surface area is 284 Å². The van der Waals surface area contributed by atoms with Gasteiger partial charge in [0.15, 0.2) is 0 Å². The molecule has 8 nitrogen and oxygen atoms in total. The molecule has 5 N–H and O–H groups in total. The molecule has 0 aromatic carbocycles. The van der Waals surface area contributed by atoms with Crippen LogP contribution in [0.3, 0.4) is 0 Å². The molecule has 0 aliphatic heterocycles. The van der Waals surface area contributed by atoms with E-state index in [4.69, 9.17) is 14.8 Å². The minimum absolute atomic E-state index is 0.0921. The summed E-state index contributed by atoms with van der Waals surface area (Å²) in [4.78, 5) is 22.5. The summed E-state index contributed by atoms with van der Waals surface area (Å²) in [6.07, 6.45) is 34.0. The maximum absolute atomic E-state index is 12.6. The van der Waals surface area contributed by atoms with Crippen molar-refractivity contribution < 1.29 is 28.4 Å². The third-order valence-electron chi connectivity index (χ3n) is 8.96. The molecule has 3 atom stereocenters. The Morgan fingerprint density at radius 3 is 1.39 bits per heavy atom. The molecule has 0 aliphatic rings. The van der Waals surface area contributed by atoms with Crippen LogP contribution in [0, 0.1) is 0 Å². The standard InChI is InChI=1S/C37H77N2O6P/c1-3-5-7-9-11-13-14-15-16-17-18-19-20-21-23-24-26-28-30-36(40)35(34-45-46(42,43)44-33-32-38)39-37(41)31-29-27-25-22-12-10-8-6-4-2/h35-36,40H,3-34,38H2,1-2H3,(H,39,41)(H,42,43). The van der Waals surface area contributed by atoms with Crippen molar-refractivity contribution in [2.45, 2.75) is 212 Å². The van der Waals surface area contributed by atoms with E-state index in [0.717, 1.165) is 38.5 Å². The second-order valence-corrected chi connectivity index (χ2v) is 15.0. The van der Waals surface area contributed by atoms with Gasteiger partial charge in [0.25, 0.3) is 0 Å². The number of phosphoric ester groups is 1. The molecule has 0 rings (SSSR count). The largest absolute Gasteiger partial charge is 0.472 e. The first-order chi connectivity index (χ1) is 22.4. The smallest absolute Gasteiger partial charge is 0.391 e. The first kappa shape index (κ1) is 45.5. The van der Waals surface area contributed by atoms with Crippen molar-refractivity contribution in [2.24, 2.45) is 5.73 Å². The molecule has 46 heavy (non-hydrogen) atoms. The minimum Gasteiger partial charge on any atom is -0.391 e. The highest BCUT2D eigenvalue weighted by Gasteiger charge is 2.27. The number of nitrogens with two attached hydrogens (primary N) is 1. The van der Waals surface area contributed by atoms with Gasteiger partial charge in [-0.1, -0.05) is 181 Å². The summed E-state index contributed by atoms with van der Waals surface area (Å²) < 4.78 is 22.1. The molecule has 9 heteroatoms. The first-order valence-electron chi connectivity index (χ1n) is 19.7. The number of carbonyl (C=O) groups excluding carboxylic acids is 1. The second-order valence-electron chi connectivity index (χ2n) is 13.5. The lowest BCUT2D eigenvalue weighted by molar-refractivity contribution is -0.123. The summed E-state index contributed by atoms with van der Waals surface area (Å²) in [6.45, 7) is 4.19. The fourth-order valence-electron chi connectivity index (χ4n) is 5.96. The van der Waals surface area contributed by atoms with Crippen molar-refractivity contribution >= 4 is 13.7 Å². The molecular weight excluding hydrogens is 599 g/mol. The molecule has 0 bridgehead atoms. The fourth-order valence-corrected chi connectivity index (χ4v) is 6.72. The predicted molar refractivity (Wildman–Crippen MR) is 194 cm³/mol. The fraction of sp³-hybridized carbons (Fsp3) is 0.973. The Morgan fingerprint density at radius 2 is 1.00 bits per heavy atom. The SMILES string of the molecule is CCCCCCCCCCCCCCCCCCCCC(O)C(COP(=O)(O)OCCN)NC(=O)CCCCCCCCCCC. The van der Waals surface area contributed by atoms with E-state index in [1.165, 1.54) is 135 Å². The third kappa shape index (κ3) is 32.1. The van der Waals surface area contributed by atoms with Gasteiger partial charge < -0.3 is 21.1 Å². The van der Waals surface area contributed by atoms with Crippen molar-refractivity contribution in [1.82, 2.24) is 5.32 Å². The zero-order valence-corrected chi connectivity index (χ0v) is 31.2. The predicted octanol–water partition coefficient (Wildman–Crippen LogP) is 10.3. The Kier molecular flexibility index (Phi) is 34.0. The third-order valence-corrected chi connectivity index (χ3v) is 9.95. The Balaban J connectivity index is 4.12. The highest BCUT2D eigenvalue weighted by Crippen LogP contribution is 2.43. The van der Waals surface area contributed by atoms with Crippen molar-refractivity contribution in [1.29, 1.82) is 0 Å². The minimum atomic E-state index is -4.30. The van der Waals surface area contributed by atoms with Crippen molar-refractivity contribution in [3.63, 3.8) is 0 Å². The molecule has 0 aromatic heterocycles. The summed E-state index contributed by atoms with van der Waals surface area (Å²) in [6, 6.07) is -0.765. The van der Waals surface area contributed by atoms with E-state index in [-0.39, 0.29) is 25.7 Å². The number of aliphatic hydroxyl groups is 1. The quantitative estimate of drug-likeness (QED) is 0.0380. The van der Waals surface area contributed by atoms with E-state index in [1.54, 1.807) is 0 Å². The highest BCUT2D eigenvalue weighted by atomic mass is 31.2. The van der Waals surface area contributed by atoms with Gasteiger partial charge in [0.1, 0.15) is 0 Å². The number of hydrogen-bond donors (Lipinski definition) is 4. The van der Waals surface area contributed by atoms with Crippen LogP contribution in [0.5, 0.6) is 0 Å². The average molecular weight is 677 g/mol. The second kappa shape index (κ2) is 34.4. The van der Waals surface area contributed by atoms with Gasteiger partial charge in [-0.15, -0.1) is 0 Å². The molecular formula is C37H77N2O6P. The zero-order chi connectivity index (χ0) is 34.0. The number of aliphatic hydroxyl groups excluding tert-OH is 1. The molecule has 1 amide bonds. The molecule has 276 valence electrons. The van der Waals surface area contributed by atoms with Crippen LogP contribution in [0.2, 0.25) is 0 Å². The lowest BCUT2D eigenvalue weighted by atomic mass is 10.0. The number of hydrogen-bond acceptors (Lipinski definition) is 6. The van der Waals surface area contributed by atoms with Crippen LogP contribution < -0.4 is 11.1 Å². The first-order valence-corrected chi connectivity index (χ1v) is 21.1. The van der Waals surface area contributed by atoms with Gasteiger partial charge in [0, 0.05) is 13.0 Å². The molecule has 0 saturated heterocycles. The van der Waals surface area contributed by atoms with E-state index < -0.39 is 20.0 Å². The van der Waals surface area contributed by atoms with E-state index in [9.17, 15) is 19.4 Å². The van der Waals surface area contributed by atoms with E-state index >= 15 is 0 Å². The van der Waals surface area contributed by atoms with Crippen LogP contribution in [-0.4, -0.2) is 47.8 Å². The molecule has 3 unspecified atom stereocenters. The van der Waals surface area contributed by atoms with Gasteiger partial charge in [0.05, 0.1) is 25.4 Å². The van der Waals surface area contributed by atoms with Crippen LogP contribution >= 0.6 is 7.82 Å². The summed E-state index contributed by atoms with van der Waals surface area (Å²) in [5, 5.41) is 13.7. The van der Waals surface area contributed by atoms with Gasteiger partial charge in [-0.25, -0.2) is 4.57 Å². The van der Waals surface area contributed by atoms with Crippen LogP contribution in [-0.2, 0) is 18.4 Å². The normalized spacial score (nSPS) is 14.3. The van der Waals surface area contributed by atoms with Crippen molar-refractivity contribution in [3.05, 3.63) is 0 Å². The van der Waals surface area contributed by atoms with Gasteiger partial charge in [-0.2, -0.15) is 0 Å². The summed E-state index contributed by atoms with van der Waals surface area (Å²) in [5.41, 5.74) is 5.36. The topological polar surface area (TPSA) is 131 Å². The molecule has 0 aliphatic carbocycles. The number of amides is 1. The highest BCUT2D eigenvalue weighted by molar-refractivity contribution is 7.47. The Hall–Kier alpha value is -0.500. The molecule has 0 saturated carbocycles. The molecule has 0 fully saturated rings. The van der Waals surface area contributed by atoms with E-state index in [2.05, 4.69) is 19.2 Å². The molecule has 0 spiro atoms. The van der Waals surface area contributed by atoms with Crippen molar-refractivity contribution in [3.8, 4) is 0 Å². The molecule has 0 heterocycles. The zero-order valence-electron chi connectivity index (χ0n) is 30.3. The van der Waals surface area contributed by atoms with Crippen LogP contribution in [0.15, 0.2) is 0 Å². The number of unbranched alkanes of at least 4 members (excludes halogenated alkanes) is 25. The van der Waals surface area contributed by atoms with Crippen LogP contribution in [0.1, 0.15) is 200 Å². The average Bonchev–Trinajstić information content (AvgIpc) is 3.04. The van der Waals surface area contributed by atoms with Gasteiger partial charge >= 0.3 is 7.82 Å². The van der Waals surface area contributed by atoms with E-state index in [1.807, 2.05) is 0 Å². The number of nitrogens with one attached hydrogen (secondary N) is 1. The summed E-state index contributed by atoms with van der Waals surface area (Å²) in [5.74, 6) is -0.163. The number of phosphoric acid groups is 1. The molecule has 0 radical (unpaired) electrons. The lowest BCUT2D eigenvalue weighted by Gasteiger charge is -2.25. The monoisotopic (exact) mass is 677 g/mol. The van der Waals surface area contributed by atoms with Gasteiger partial charge in [0.2, 0.25) is 5.91 Å². The summed E-state index contributed by atoms with van der Waals surface area (Å²) in [7, 11) is -4.30. The maximum Gasteiger partial charge on any atom is 0.472 e. The van der Waals surface area contributed by atoms with Gasteiger partial charge in [-0.05, 0) is 12.8 Å². The maximum atomic E-state index is 12.6. The Morgan fingerprint density at radius 1 is 0.630 bits per heavy atom. The lowest BCUT2D eigenvalue weighted by Crippen LogP contribution is -2.46. The molecule has 0 aromatic rings. The number of carbonyl (C=O) groups is 1. The Bertz CT molecular complexity index is 699.